The zero-order valence-corrected chi connectivity index (χ0v) is 24.6. The van der Waals surface area contributed by atoms with Gasteiger partial charge in [0.1, 0.15) is 17.7 Å². The monoisotopic (exact) mass is 601 g/mol. The number of nitrogens with two attached hydrogens (primary N) is 2. The molecule has 10 N–H and O–H groups in total. The molecule has 0 spiro atoms. The van der Waals surface area contributed by atoms with E-state index in [2.05, 4.69) is 31.6 Å². The van der Waals surface area contributed by atoms with Crippen LogP contribution in [0, 0.1) is 6.92 Å². The van der Waals surface area contributed by atoms with Gasteiger partial charge in [0, 0.05) is 43.6 Å². The number of rotatable bonds is 16. The van der Waals surface area contributed by atoms with Gasteiger partial charge in [0.15, 0.2) is 0 Å². The zero-order valence-electron chi connectivity index (χ0n) is 24.6. The molecular weight excluding hydrogens is 560 g/mol. The average Bonchev–Trinajstić information content (AvgIpc) is 2.91. The van der Waals surface area contributed by atoms with Gasteiger partial charge in [-0.3, -0.25) is 40.4 Å². The molecule has 0 fully saturated rings. The first-order chi connectivity index (χ1) is 20.3. The second-order valence-corrected chi connectivity index (χ2v) is 10.0. The Kier molecular flexibility index (Phi) is 13.6. The number of aryl methyl sites for hydroxylation is 1. The number of guanidine groups is 1. The van der Waals surface area contributed by atoms with Crippen LogP contribution in [-0.4, -0.2) is 67.2 Å². The molecule has 43 heavy (non-hydrogen) atoms. The lowest BCUT2D eigenvalue weighted by atomic mass is 10.1. The predicted octanol–water partition coefficient (Wildman–Crippen LogP) is -2.41. The lowest BCUT2D eigenvalue weighted by Crippen LogP contribution is -2.78. The fourth-order valence-corrected chi connectivity index (χ4v) is 4.23. The van der Waals surface area contributed by atoms with Crippen LogP contribution in [-0.2, 0) is 24.0 Å². The van der Waals surface area contributed by atoms with Crippen molar-refractivity contribution in [1.82, 2.24) is 21.3 Å². The molecule has 234 valence electrons. The Labute approximate surface area is 248 Å². The molecule has 0 aliphatic carbocycles. The van der Waals surface area contributed by atoms with Crippen molar-refractivity contribution in [3.05, 3.63) is 40.2 Å². The summed E-state index contributed by atoms with van der Waals surface area (Å²) in [7, 11) is 0. The molecule has 15 nitrogen and oxygen atoms in total. The fourth-order valence-electron chi connectivity index (χ4n) is 4.23. The van der Waals surface area contributed by atoms with Crippen LogP contribution in [0.2, 0.25) is 0 Å². The summed E-state index contributed by atoms with van der Waals surface area (Å²) < 4.78 is 5.25. The smallest absolute Gasteiger partial charge is 0.338 e. The molecule has 1 heterocycles. The van der Waals surface area contributed by atoms with Crippen molar-refractivity contribution >= 4 is 52.2 Å². The molecule has 5 amide bonds. The summed E-state index contributed by atoms with van der Waals surface area (Å²) in [6, 6.07) is 4.39. The molecular formula is C28H41N8O7+. The van der Waals surface area contributed by atoms with Gasteiger partial charge in [-0.25, -0.2) is 4.79 Å². The highest BCUT2D eigenvalue weighted by molar-refractivity contribution is 5.99. The van der Waals surface area contributed by atoms with E-state index < -0.39 is 47.9 Å². The Hall–Kier alpha value is -4.95. The molecule has 1 aromatic carbocycles. The molecule has 0 bridgehead atoms. The largest absolute Gasteiger partial charge is 0.423 e. The van der Waals surface area contributed by atoms with Gasteiger partial charge in [-0.2, -0.15) is 0 Å². The maximum Gasteiger partial charge on any atom is 0.338 e. The predicted molar refractivity (Wildman–Crippen MR) is 159 cm³/mol. The summed E-state index contributed by atoms with van der Waals surface area (Å²) in [5, 5.41) is 13.8. The first kappa shape index (κ1) is 34.3. The summed E-state index contributed by atoms with van der Waals surface area (Å²) in [4.78, 5) is 75.9. The van der Waals surface area contributed by atoms with Gasteiger partial charge in [0.25, 0.3) is 0 Å². The van der Waals surface area contributed by atoms with Gasteiger partial charge in [-0.05, 0) is 56.7 Å². The first-order valence-corrected chi connectivity index (χ1v) is 13.9. The first-order valence-electron chi connectivity index (χ1n) is 13.9. The minimum Gasteiger partial charge on any atom is -0.423 e. The second kappa shape index (κ2) is 17.1. The summed E-state index contributed by atoms with van der Waals surface area (Å²) in [6.45, 7) is 4.80. The molecule has 2 aromatic rings. The van der Waals surface area contributed by atoms with Gasteiger partial charge in [-0.1, -0.05) is 0 Å². The van der Waals surface area contributed by atoms with E-state index in [1.165, 1.54) is 26.0 Å². The van der Waals surface area contributed by atoms with Crippen LogP contribution >= 0.6 is 0 Å². The summed E-state index contributed by atoms with van der Waals surface area (Å²) in [5.41, 5.74) is 11.6. The van der Waals surface area contributed by atoms with Crippen LogP contribution in [0.25, 0.3) is 11.0 Å². The van der Waals surface area contributed by atoms with Gasteiger partial charge >= 0.3 is 11.6 Å². The molecule has 15 heteroatoms. The number of nitrogens with one attached hydrogen (secondary N) is 6. The van der Waals surface area contributed by atoms with Crippen LogP contribution in [0.3, 0.4) is 0 Å². The van der Waals surface area contributed by atoms with Crippen LogP contribution < -0.4 is 48.7 Å². The Bertz CT molecular complexity index is 1400. The number of hydrogen-bond donors (Lipinski definition) is 8. The third-order valence-electron chi connectivity index (χ3n) is 6.28. The normalized spacial score (nSPS) is 12.0. The van der Waals surface area contributed by atoms with Crippen LogP contribution in [0.15, 0.2) is 33.5 Å². The highest BCUT2D eigenvalue weighted by Crippen LogP contribution is 2.21. The summed E-state index contributed by atoms with van der Waals surface area (Å²) >= 11 is 0. The number of amides is 5. The quantitative estimate of drug-likeness (QED) is 0.0441. The summed E-state index contributed by atoms with van der Waals surface area (Å²) in [6.07, 6.45) is 2.03. The molecule has 0 radical (unpaired) electrons. The van der Waals surface area contributed by atoms with Crippen molar-refractivity contribution in [2.45, 2.75) is 65.0 Å². The Morgan fingerprint density at radius 3 is 2.26 bits per heavy atom. The third kappa shape index (κ3) is 12.6. The van der Waals surface area contributed by atoms with Crippen LogP contribution in [0.5, 0.6) is 0 Å². The van der Waals surface area contributed by atoms with Gasteiger partial charge in [0.05, 0.1) is 13.1 Å². The maximum atomic E-state index is 13.2. The Morgan fingerprint density at radius 1 is 0.884 bits per heavy atom. The summed E-state index contributed by atoms with van der Waals surface area (Å²) in [5.74, 6) is -2.27. The van der Waals surface area contributed by atoms with E-state index in [0.717, 1.165) is 5.56 Å². The second-order valence-electron chi connectivity index (χ2n) is 10.0. The minimum atomic E-state index is -0.975. The van der Waals surface area contributed by atoms with Crippen molar-refractivity contribution in [3.63, 3.8) is 0 Å². The number of unbranched alkanes of at least 4 members (excludes halogenated alkanes) is 1. The molecule has 0 unspecified atom stereocenters. The Balaban J connectivity index is 2.06. The molecule has 2 rings (SSSR count). The number of carbonyl (C=O) groups excluding carboxylic acids is 5. The lowest BCUT2D eigenvalue weighted by molar-refractivity contribution is -0.459. The maximum absolute atomic E-state index is 13.2. The minimum absolute atomic E-state index is 0.0354. The highest BCUT2D eigenvalue weighted by Gasteiger charge is 2.23. The fraction of sp³-hybridized carbons (Fsp3) is 0.464. The number of hydrogen-bond acceptors (Lipinski definition) is 7. The van der Waals surface area contributed by atoms with Crippen molar-refractivity contribution < 1.29 is 33.4 Å². The van der Waals surface area contributed by atoms with Gasteiger partial charge in [-0.15, -0.1) is 0 Å². The van der Waals surface area contributed by atoms with E-state index in [1.807, 2.05) is 0 Å². The van der Waals surface area contributed by atoms with E-state index in [-0.39, 0.29) is 24.7 Å². The van der Waals surface area contributed by atoms with E-state index in [1.54, 1.807) is 19.1 Å². The molecule has 1 aromatic heterocycles. The average molecular weight is 602 g/mol. The zero-order chi connectivity index (χ0) is 31.9. The molecule has 0 aliphatic rings. The number of carbonyl (C=O) groups is 5. The van der Waals surface area contributed by atoms with Crippen molar-refractivity contribution in [1.29, 1.82) is 0 Å². The topological polar surface area (TPSA) is 242 Å². The van der Waals surface area contributed by atoms with Gasteiger partial charge in [0.2, 0.25) is 29.5 Å². The number of fused-ring (bicyclic) bond motifs is 1. The lowest BCUT2D eigenvalue weighted by Gasteiger charge is -2.20. The Morgan fingerprint density at radius 2 is 1.58 bits per heavy atom. The number of anilines is 1. The van der Waals surface area contributed by atoms with Gasteiger partial charge < -0.3 is 31.0 Å². The standard InChI is InChI=1S/C28H40N8O7/c1-16-13-25(40)43-23-14-19(9-10-20(16)23)35-27(42)22(7-4-5-11-31-17(2)37)36-24(39)15-33-26(41)21(34-18(3)38)8-6-12-32-28(29)30/h9-10,13-14,21-22H,4-8,11-12,15H2,1-3H3,(H,31,37)(H,33,41)(H,34,38)(H,35,42)(H,36,39)(H4,29,30,32)/p+1/t21-,22-/m0/s1. The van der Waals surface area contributed by atoms with E-state index >= 15 is 0 Å². The van der Waals surface area contributed by atoms with E-state index in [9.17, 15) is 28.8 Å². The molecule has 0 saturated carbocycles. The SMILES string of the molecule is CC(=O)NCCCC[C@H](NC(=O)CNC(=O)[C@H](CCC[NH+]=C(N)N)NC(C)=O)C(=O)Nc1ccc2c(C)cc(=O)oc2c1. The van der Waals surface area contributed by atoms with E-state index in [0.29, 0.717) is 49.0 Å². The van der Waals surface area contributed by atoms with Crippen molar-refractivity contribution in [2.24, 2.45) is 11.5 Å². The van der Waals surface area contributed by atoms with Crippen LogP contribution in [0.4, 0.5) is 5.69 Å². The highest BCUT2D eigenvalue weighted by atomic mass is 16.4. The molecule has 0 saturated heterocycles. The van der Waals surface area contributed by atoms with Crippen molar-refractivity contribution in [3.8, 4) is 0 Å². The molecule has 0 aliphatic heterocycles. The third-order valence-corrected chi connectivity index (χ3v) is 6.28. The number of benzene rings is 1. The van der Waals surface area contributed by atoms with E-state index in [4.69, 9.17) is 15.9 Å². The van der Waals surface area contributed by atoms with Crippen LogP contribution in [0.1, 0.15) is 51.5 Å². The van der Waals surface area contributed by atoms with Crippen molar-refractivity contribution in [2.75, 3.05) is 25.0 Å². The molecule has 2 atom stereocenters.